The first-order valence-electron chi connectivity index (χ1n) is 5.28. The SMILES string of the molecule is CN=C(NC)NCC(OC)c1ccccc1.I. The van der Waals surface area contributed by atoms with Crippen molar-refractivity contribution in [2.45, 2.75) is 6.10 Å². The van der Waals surface area contributed by atoms with E-state index < -0.39 is 0 Å². The average Bonchev–Trinajstić information content (AvgIpc) is 2.36. The maximum absolute atomic E-state index is 5.43. The van der Waals surface area contributed by atoms with Crippen molar-refractivity contribution in [3.05, 3.63) is 35.9 Å². The number of hydrogen-bond acceptors (Lipinski definition) is 2. The molecule has 17 heavy (non-hydrogen) atoms. The Morgan fingerprint density at radius 1 is 1.35 bits per heavy atom. The van der Waals surface area contributed by atoms with Crippen LogP contribution in [0, 0.1) is 0 Å². The van der Waals surface area contributed by atoms with Crippen molar-refractivity contribution in [2.24, 2.45) is 4.99 Å². The van der Waals surface area contributed by atoms with Crippen LogP contribution in [0.15, 0.2) is 35.3 Å². The monoisotopic (exact) mass is 349 g/mol. The highest BCUT2D eigenvalue weighted by atomic mass is 127. The zero-order chi connectivity index (χ0) is 11.8. The summed E-state index contributed by atoms with van der Waals surface area (Å²) in [7, 11) is 5.28. The van der Waals surface area contributed by atoms with Crippen LogP contribution in [0.5, 0.6) is 0 Å². The van der Waals surface area contributed by atoms with Gasteiger partial charge in [0.05, 0.1) is 6.10 Å². The van der Waals surface area contributed by atoms with Crippen molar-refractivity contribution >= 4 is 29.9 Å². The standard InChI is InChI=1S/C12H19N3O.HI/c1-13-12(14-2)15-9-11(16-3)10-7-5-4-6-8-10;/h4-8,11H,9H2,1-3H3,(H2,13,14,15);1H. The van der Waals surface area contributed by atoms with E-state index in [0.29, 0.717) is 6.54 Å². The van der Waals surface area contributed by atoms with Gasteiger partial charge in [-0.25, -0.2) is 0 Å². The van der Waals surface area contributed by atoms with Gasteiger partial charge in [-0.05, 0) is 5.56 Å². The molecule has 1 atom stereocenters. The molecule has 0 radical (unpaired) electrons. The summed E-state index contributed by atoms with van der Waals surface area (Å²) >= 11 is 0. The van der Waals surface area contributed by atoms with Crippen LogP contribution in [0.4, 0.5) is 0 Å². The summed E-state index contributed by atoms with van der Waals surface area (Å²) in [5.41, 5.74) is 1.16. The number of nitrogens with one attached hydrogen (secondary N) is 2. The van der Waals surface area contributed by atoms with Crippen molar-refractivity contribution in [2.75, 3.05) is 27.7 Å². The number of hydrogen-bond donors (Lipinski definition) is 2. The lowest BCUT2D eigenvalue weighted by molar-refractivity contribution is 0.106. The molecule has 0 aliphatic rings. The van der Waals surface area contributed by atoms with E-state index in [1.165, 1.54) is 0 Å². The quantitative estimate of drug-likeness (QED) is 0.495. The molecule has 0 aromatic heterocycles. The molecule has 1 aromatic rings. The maximum atomic E-state index is 5.43. The minimum Gasteiger partial charge on any atom is -0.375 e. The van der Waals surface area contributed by atoms with Gasteiger partial charge in [-0.2, -0.15) is 0 Å². The Hall–Kier alpha value is -0.820. The van der Waals surface area contributed by atoms with E-state index in [1.54, 1.807) is 14.2 Å². The van der Waals surface area contributed by atoms with Crippen LogP contribution in [-0.4, -0.2) is 33.7 Å². The summed E-state index contributed by atoms with van der Waals surface area (Å²) < 4.78 is 5.43. The first kappa shape index (κ1) is 16.2. The third-order valence-corrected chi connectivity index (χ3v) is 2.37. The number of halogens is 1. The van der Waals surface area contributed by atoms with Crippen LogP contribution in [0.1, 0.15) is 11.7 Å². The minimum atomic E-state index is 0. The Morgan fingerprint density at radius 2 is 2.00 bits per heavy atom. The third-order valence-electron chi connectivity index (χ3n) is 2.37. The van der Waals surface area contributed by atoms with Gasteiger partial charge in [0.25, 0.3) is 0 Å². The topological polar surface area (TPSA) is 45.7 Å². The molecule has 1 aromatic carbocycles. The molecule has 1 unspecified atom stereocenters. The molecule has 0 fully saturated rings. The van der Waals surface area contributed by atoms with Gasteiger partial charge in [0.15, 0.2) is 5.96 Å². The number of guanidine groups is 1. The number of methoxy groups -OCH3 is 1. The Bertz CT molecular complexity index is 330. The number of aliphatic imine (C=N–C) groups is 1. The van der Waals surface area contributed by atoms with Crippen molar-refractivity contribution < 1.29 is 4.74 Å². The molecular formula is C12H20IN3O. The van der Waals surface area contributed by atoms with E-state index >= 15 is 0 Å². The molecule has 2 N–H and O–H groups in total. The van der Waals surface area contributed by atoms with Gasteiger partial charge in [0, 0.05) is 27.7 Å². The van der Waals surface area contributed by atoms with E-state index in [4.69, 9.17) is 4.74 Å². The third kappa shape index (κ3) is 5.36. The second-order valence-electron chi connectivity index (χ2n) is 3.34. The van der Waals surface area contributed by atoms with Crippen molar-refractivity contribution in [1.29, 1.82) is 0 Å². The molecule has 96 valence electrons. The van der Waals surface area contributed by atoms with E-state index in [0.717, 1.165) is 11.5 Å². The Morgan fingerprint density at radius 3 is 2.47 bits per heavy atom. The predicted octanol–water partition coefficient (Wildman–Crippen LogP) is 1.79. The zero-order valence-electron chi connectivity index (χ0n) is 10.4. The molecule has 0 saturated carbocycles. The molecule has 1 rings (SSSR count). The molecular weight excluding hydrogens is 329 g/mol. The van der Waals surface area contributed by atoms with E-state index in [2.05, 4.69) is 27.8 Å². The molecule has 0 heterocycles. The molecule has 0 bridgehead atoms. The lowest BCUT2D eigenvalue weighted by atomic mass is 10.1. The Labute approximate surface area is 120 Å². The smallest absolute Gasteiger partial charge is 0.190 e. The Balaban J connectivity index is 0.00000256. The van der Waals surface area contributed by atoms with Crippen LogP contribution in [0.3, 0.4) is 0 Å². The minimum absolute atomic E-state index is 0. The molecule has 5 heteroatoms. The van der Waals surface area contributed by atoms with Crippen molar-refractivity contribution in [1.82, 2.24) is 10.6 Å². The van der Waals surface area contributed by atoms with Gasteiger partial charge >= 0.3 is 0 Å². The largest absolute Gasteiger partial charge is 0.375 e. The number of nitrogens with zero attached hydrogens (tertiary/aromatic N) is 1. The Kier molecular flexibility index (Phi) is 8.79. The van der Waals surface area contributed by atoms with Crippen molar-refractivity contribution in [3.63, 3.8) is 0 Å². The highest BCUT2D eigenvalue weighted by Gasteiger charge is 2.09. The summed E-state index contributed by atoms with van der Waals surface area (Å²) in [6.07, 6.45) is 0.0336. The summed E-state index contributed by atoms with van der Waals surface area (Å²) in [6.45, 7) is 0.689. The van der Waals surface area contributed by atoms with Gasteiger partial charge in [-0.1, -0.05) is 30.3 Å². The summed E-state index contributed by atoms with van der Waals surface area (Å²) in [5.74, 6) is 0.762. The molecule has 4 nitrogen and oxygen atoms in total. The maximum Gasteiger partial charge on any atom is 0.190 e. The summed E-state index contributed by atoms with van der Waals surface area (Å²) in [6, 6.07) is 10.1. The second-order valence-corrected chi connectivity index (χ2v) is 3.34. The second kappa shape index (κ2) is 9.23. The van der Waals surface area contributed by atoms with Crippen LogP contribution in [0.2, 0.25) is 0 Å². The average molecular weight is 349 g/mol. The van der Waals surface area contributed by atoms with Crippen LogP contribution in [-0.2, 0) is 4.74 Å². The molecule has 0 saturated heterocycles. The van der Waals surface area contributed by atoms with E-state index in [1.807, 2.05) is 25.2 Å². The van der Waals surface area contributed by atoms with Gasteiger partial charge in [0.2, 0.25) is 0 Å². The van der Waals surface area contributed by atoms with E-state index in [-0.39, 0.29) is 30.1 Å². The summed E-state index contributed by atoms with van der Waals surface area (Å²) in [4.78, 5) is 4.05. The normalized spacial score (nSPS) is 12.5. The van der Waals surface area contributed by atoms with Crippen molar-refractivity contribution in [3.8, 4) is 0 Å². The van der Waals surface area contributed by atoms with Gasteiger partial charge in [-0.3, -0.25) is 4.99 Å². The van der Waals surface area contributed by atoms with E-state index in [9.17, 15) is 0 Å². The fourth-order valence-electron chi connectivity index (χ4n) is 1.47. The molecule has 0 amide bonds. The fourth-order valence-corrected chi connectivity index (χ4v) is 1.47. The first-order chi connectivity index (χ1) is 7.81. The lowest BCUT2D eigenvalue weighted by Crippen LogP contribution is -2.37. The lowest BCUT2D eigenvalue weighted by Gasteiger charge is -2.17. The fraction of sp³-hybridized carbons (Fsp3) is 0.417. The summed E-state index contributed by atoms with van der Waals surface area (Å²) in [5, 5.41) is 6.15. The number of ether oxygens (including phenoxy) is 1. The molecule has 0 aliphatic heterocycles. The molecule has 0 spiro atoms. The van der Waals surface area contributed by atoms with Crippen LogP contribution in [0.25, 0.3) is 0 Å². The first-order valence-corrected chi connectivity index (χ1v) is 5.28. The van der Waals surface area contributed by atoms with Crippen LogP contribution >= 0.6 is 24.0 Å². The van der Waals surface area contributed by atoms with Crippen LogP contribution < -0.4 is 10.6 Å². The van der Waals surface area contributed by atoms with Gasteiger partial charge < -0.3 is 15.4 Å². The number of rotatable bonds is 4. The predicted molar refractivity (Wildman–Crippen MR) is 82.0 cm³/mol. The highest BCUT2D eigenvalue weighted by Crippen LogP contribution is 2.14. The zero-order valence-corrected chi connectivity index (χ0v) is 12.8. The van der Waals surface area contributed by atoms with Gasteiger partial charge in [-0.15, -0.1) is 24.0 Å². The molecule has 0 aliphatic carbocycles. The number of benzene rings is 1. The van der Waals surface area contributed by atoms with Gasteiger partial charge in [0.1, 0.15) is 0 Å². The highest BCUT2D eigenvalue weighted by molar-refractivity contribution is 14.0.